The van der Waals surface area contributed by atoms with Gasteiger partial charge < -0.3 is 9.64 Å². The lowest BCUT2D eigenvalue weighted by molar-refractivity contribution is -0.160. The highest BCUT2D eigenvalue weighted by atomic mass is 16.6. The van der Waals surface area contributed by atoms with Crippen molar-refractivity contribution in [3.05, 3.63) is 24.0 Å². The standard InChI is InChI=1S/C19H28N2O2/c1-14-5-6-16(12-20-14)21-10-9-19(13-21)8-7-15(11-19)17(22)23-18(2,3)4/h5-6,12,15H,7-11,13H2,1-4H3. The minimum atomic E-state index is -0.387. The summed E-state index contributed by atoms with van der Waals surface area (Å²) in [7, 11) is 0. The summed E-state index contributed by atoms with van der Waals surface area (Å²) in [5, 5.41) is 0. The van der Waals surface area contributed by atoms with Crippen LogP contribution in [0.1, 0.15) is 52.1 Å². The maximum atomic E-state index is 12.3. The first kappa shape index (κ1) is 16.3. The van der Waals surface area contributed by atoms with E-state index in [1.807, 2.05) is 33.9 Å². The van der Waals surface area contributed by atoms with Gasteiger partial charge in [0.15, 0.2) is 0 Å². The molecule has 2 heterocycles. The van der Waals surface area contributed by atoms with Crippen LogP contribution in [0.5, 0.6) is 0 Å². The fourth-order valence-electron chi connectivity index (χ4n) is 3.97. The lowest BCUT2D eigenvalue weighted by atomic mass is 9.84. The number of esters is 1. The van der Waals surface area contributed by atoms with Crippen LogP contribution in [0.4, 0.5) is 5.69 Å². The summed E-state index contributed by atoms with van der Waals surface area (Å²) in [4.78, 5) is 19.2. The van der Waals surface area contributed by atoms with Gasteiger partial charge in [0.05, 0.1) is 17.8 Å². The number of aryl methyl sites for hydroxylation is 1. The van der Waals surface area contributed by atoms with E-state index in [1.54, 1.807) is 0 Å². The SMILES string of the molecule is Cc1ccc(N2CCC3(CCC(C(=O)OC(C)(C)C)C3)C2)cn1. The predicted molar refractivity (Wildman–Crippen MR) is 91.4 cm³/mol. The van der Waals surface area contributed by atoms with Gasteiger partial charge >= 0.3 is 5.97 Å². The second kappa shape index (κ2) is 5.81. The number of anilines is 1. The van der Waals surface area contributed by atoms with Crippen LogP contribution >= 0.6 is 0 Å². The van der Waals surface area contributed by atoms with Crippen LogP contribution in [-0.2, 0) is 9.53 Å². The molecule has 0 bridgehead atoms. The molecule has 1 aliphatic heterocycles. The minimum Gasteiger partial charge on any atom is -0.460 e. The van der Waals surface area contributed by atoms with Gasteiger partial charge in [0.2, 0.25) is 0 Å². The van der Waals surface area contributed by atoms with Gasteiger partial charge in [-0.1, -0.05) is 0 Å². The zero-order valence-corrected chi connectivity index (χ0v) is 14.8. The third-order valence-corrected chi connectivity index (χ3v) is 5.14. The van der Waals surface area contributed by atoms with Crippen LogP contribution in [-0.4, -0.2) is 29.6 Å². The molecule has 4 nitrogen and oxygen atoms in total. The number of carbonyl (C=O) groups is 1. The average Bonchev–Trinajstić information content (AvgIpc) is 3.06. The van der Waals surface area contributed by atoms with Crippen LogP contribution in [0.2, 0.25) is 0 Å². The number of rotatable bonds is 2. The van der Waals surface area contributed by atoms with E-state index in [0.717, 1.165) is 38.0 Å². The molecule has 4 heteroatoms. The van der Waals surface area contributed by atoms with E-state index in [2.05, 4.69) is 22.0 Å². The van der Waals surface area contributed by atoms with Crippen molar-refractivity contribution in [3.8, 4) is 0 Å². The van der Waals surface area contributed by atoms with Crippen LogP contribution in [0, 0.1) is 18.3 Å². The molecule has 1 spiro atoms. The topological polar surface area (TPSA) is 42.4 Å². The quantitative estimate of drug-likeness (QED) is 0.780. The Morgan fingerprint density at radius 3 is 2.78 bits per heavy atom. The fourth-order valence-corrected chi connectivity index (χ4v) is 3.97. The molecule has 0 amide bonds. The Morgan fingerprint density at radius 2 is 2.13 bits per heavy atom. The zero-order chi connectivity index (χ0) is 16.7. The lowest BCUT2D eigenvalue weighted by Crippen LogP contribution is -2.29. The maximum Gasteiger partial charge on any atom is 0.309 e. The Kier molecular flexibility index (Phi) is 4.11. The molecular weight excluding hydrogens is 288 g/mol. The molecular formula is C19H28N2O2. The van der Waals surface area contributed by atoms with E-state index >= 15 is 0 Å². The van der Waals surface area contributed by atoms with Gasteiger partial charge in [0, 0.05) is 18.8 Å². The van der Waals surface area contributed by atoms with Crippen LogP contribution < -0.4 is 4.90 Å². The molecule has 1 aromatic heterocycles. The van der Waals surface area contributed by atoms with Crippen LogP contribution in [0.3, 0.4) is 0 Å². The van der Waals surface area contributed by atoms with Gasteiger partial charge in [-0.15, -0.1) is 0 Å². The van der Waals surface area contributed by atoms with Crippen molar-refractivity contribution in [3.63, 3.8) is 0 Å². The van der Waals surface area contributed by atoms with E-state index in [4.69, 9.17) is 4.74 Å². The van der Waals surface area contributed by atoms with E-state index in [0.29, 0.717) is 0 Å². The summed E-state index contributed by atoms with van der Waals surface area (Å²) in [5.41, 5.74) is 2.15. The molecule has 1 saturated heterocycles. The van der Waals surface area contributed by atoms with E-state index in [9.17, 15) is 4.79 Å². The van der Waals surface area contributed by atoms with Gasteiger partial charge in [-0.2, -0.15) is 0 Å². The summed E-state index contributed by atoms with van der Waals surface area (Å²) < 4.78 is 5.59. The number of hydrogen-bond acceptors (Lipinski definition) is 4. The van der Waals surface area contributed by atoms with Crippen molar-refractivity contribution in [1.29, 1.82) is 0 Å². The van der Waals surface area contributed by atoms with Crippen molar-refractivity contribution in [2.75, 3.05) is 18.0 Å². The first-order valence-electron chi connectivity index (χ1n) is 8.67. The van der Waals surface area contributed by atoms with E-state index in [1.165, 1.54) is 12.1 Å². The molecule has 0 aromatic carbocycles. The Morgan fingerprint density at radius 1 is 1.35 bits per heavy atom. The summed E-state index contributed by atoms with van der Waals surface area (Å²) in [5.74, 6) is 0.0649. The number of ether oxygens (including phenoxy) is 1. The monoisotopic (exact) mass is 316 g/mol. The number of hydrogen-bond donors (Lipinski definition) is 0. The second-order valence-corrected chi connectivity index (χ2v) is 8.30. The van der Waals surface area contributed by atoms with Gasteiger partial charge in [-0.25, -0.2) is 0 Å². The van der Waals surface area contributed by atoms with Crippen molar-refractivity contribution in [2.45, 2.75) is 59.0 Å². The molecule has 1 aliphatic carbocycles. The molecule has 2 aliphatic rings. The minimum absolute atomic E-state index is 0.00942. The van der Waals surface area contributed by atoms with Gasteiger partial charge in [0.1, 0.15) is 5.60 Å². The summed E-state index contributed by atoms with van der Waals surface area (Å²) in [6, 6.07) is 4.22. The predicted octanol–water partition coefficient (Wildman–Crippen LogP) is 3.73. The smallest absolute Gasteiger partial charge is 0.309 e. The van der Waals surface area contributed by atoms with Gasteiger partial charge in [-0.05, 0) is 70.9 Å². The number of carbonyl (C=O) groups excluding carboxylic acids is 1. The Hall–Kier alpha value is -1.58. The highest BCUT2D eigenvalue weighted by Crippen LogP contribution is 2.49. The van der Waals surface area contributed by atoms with Crippen molar-refractivity contribution in [2.24, 2.45) is 11.3 Å². The van der Waals surface area contributed by atoms with Crippen molar-refractivity contribution in [1.82, 2.24) is 4.98 Å². The zero-order valence-electron chi connectivity index (χ0n) is 14.8. The molecule has 0 N–H and O–H groups in total. The van der Waals surface area contributed by atoms with Crippen LogP contribution in [0.25, 0.3) is 0 Å². The Balaban J connectivity index is 1.62. The van der Waals surface area contributed by atoms with E-state index in [-0.39, 0.29) is 22.9 Å². The molecule has 23 heavy (non-hydrogen) atoms. The fraction of sp³-hybridized carbons (Fsp3) is 0.684. The highest BCUT2D eigenvalue weighted by Gasteiger charge is 2.47. The third-order valence-electron chi connectivity index (χ3n) is 5.14. The van der Waals surface area contributed by atoms with Gasteiger partial charge in [0.25, 0.3) is 0 Å². The Labute approximate surface area is 139 Å². The summed E-state index contributed by atoms with van der Waals surface area (Å²) in [6.07, 6.45) is 6.20. The Bertz CT molecular complexity index is 576. The summed E-state index contributed by atoms with van der Waals surface area (Å²) >= 11 is 0. The molecule has 2 atom stereocenters. The molecule has 1 saturated carbocycles. The molecule has 2 fully saturated rings. The molecule has 1 aromatic rings. The first-order valence-corrected chi connectivity index (χ1v) is 8.67. The van der Waals surface area contributed by atoms with Crippen LogP contribution in [0.15, 0.2) is 18.3 Å². The molecule has 3 rings (SSSR count). The summed E-state index contributed by atoms with van der Waals surface area (Å²) in [6.45, 7) is 9.94. The molecule has 0 radical (unpaired) electrons. The molecule has 2 unspecified atom stereocenters. The lowest BCUT2D eigenvalue weighted by Gasteiger charge is -2.26. The number of aromatic nitrogens is 1. The molecule has 126 valence electrons. The van der Waals surface area contributed by atoms with E-state index < -0.39 is 0 Å². The average molecular weight is 316 g/mol. The maximum absolute atomic E-state index is 12.3. The largest absolute Gasteiger partial charge is 0.460 e. The first-order chi connectivity index (χ1) is 10.8. The number of nitrogens with zero attached hydrogens (tertiary/aromatic N) is 2. The normalized spacial score (nSPS) is 27.7. The number of pyridine rings is 1. The second-order valence-electron chi connectivity index (χ2n) is 8.30. The van der Waals surface area contributed by atoms with Gasteiger partial charge in [-0.3, -0.25) is 9.78 Å². The van der Waals surface area contributed by atoms with Crippen molar-refractivity contribution >= 4 is 11.7 Å². The third kappa shape index (κ3) is 3.67. The highest BCUT2D eigenvalue weighted by molar-refractivity contribution is 5.73. The van der Waals surface area contributed by atoms with Crippen molar-refractivity contribution < 1.29 is 9.53 Å².